The van der Waals surface area contributed by atoms with Crippen molar-refractivity contribution < 1.29 is 23.8 Å². The number of oxime groups is 1. The summed E-state index contributed by atoms with van der Waals surface area (Å²) in [4.78, 5) is 17.7. The summed E-state index contributed by atoms with van der Waals surface area (Å²) in [5.74, 6) is -0.0447. The summed E-state index contributed by atoms with van der Waals surface area (Å²) in [6.45, 7) is 6.17. The van der Waals surface area contributed by atoms with Gasteiger partial charge in [0.15, 0.2) is 0 Å². The van der Waals surface area contributed by atoms with Crippen LogP contribution in [0.5, 0.6) is 0 Å². The van der Waals surface area contributed by atoms with Crippen molar-refractivity contribution in [2.75, 3.05) is 27.9 Å². The maximum Gasteiger partial charge on any atom is 0.334 e. The molecular weight excluding hydrogens is 366 g/mol. The molecule has 1 aromatic rings. The van der Waals surface area contributed by atoms with Gasteiger partial charge in [0, 0.05) is 13.0 Å². The van der Waals surface area contributed by atoms with E-state index < -0.39 is 5.97 Å². The number of hydrogen-bond acceptors (Lipinski definition) is 7. The van der Waals surface area contributed by atoms with E-state index in [1.165, 1.54) is 20.3 Å². The van der Waals surface area contributed by atoms with Gasteiger partial charge in [-0.3, -0.25) is 0 Å². The van der Waals surface area contributed by atoms with Gasteiger partial charge >= 0.3 is 5.97 Å². The number of hydrogen-bond donors (Lipinski definition) is 0. The summed E-state index contributed by atoms with van der Waals surface area (Å²) >= 11 is 1.59. The van der Waals surface area contributed by atoms with E-state index >= 15 is 0 Å². The van der Waals surface area contributed by atoms with E-state index in [9.17, 15) is 4.79 Å². The molecule has 0 bridgehead atoms. The first-order chi connectivity index (χ1) is 13.0. The van der Waals surface area contributed by atoms with Crippen molar-refractivity contribution in [3.8, 4) is 0 Å². The van der Waals surface area contributed by atoms with Crippen LogP contribution in [0.25, 0.3) is 6.08 Å². The summed E-state index contributed by atoms with van der Waals surface area (Å²) in [5.41, 5.74) is 1.87. The van der Waals surface area contributed by atoms with Crippen LogP contribution in [-0.2, 0) is 23.8 Å². The number of esters is 1. The van der Waals surface area contributed by atoms with Crippen molar-refractivity contribution >= 4 is 29.1 Å². The topological polar surface area (TPSA) is 66.4 Å². The molecule has 1 heterocycles. The van der Waals surface area contributed by atoms with Gasteiger partial charge in [-0.15, -0.1) is 11.3 Å². The van der Waals surface area contributed by atoms with Gasteiger partial charge < -0.3 is 19.0 Å². The number of carbonyl (C=O) groups is 1. The molecule has 1 rings (SSSR count). The van der Waals surface area contributed by atoms with Gasteiger partial charge in [0.05, 0.1) is 36.5 Å². The first kappa shape index (κ1) is 22.9. The first-order valence-electron chi connectivity index (χ1n) is 8.76. The summed E-state index contributed by atoms with van der Waals surface area (Å²) < 4.78 is 16.0. The summed E-state index contributed by atoms with van der Waals surface area (Å²) in [5, 5.41) is 5.98. The van der Waals surface area contributed by atoms with E-state index in [0.29, 0.717) is 12.4 Å². The molecule has 0 aliphatic heterocycles. The minimum atomic E-state index is -0.408. The average molecular weight is 396 g/mol. The Bertz CT molecular complexity index is 678. The lowest BCUT2D eigenvalue weighted by Gasteiger charge is -2.21. The van der Waals surface area contributed by atoms with Crippen molar-refractivity contribution in [2.45, 2.75) is 33.3 Å². The maximum absolute atomic E-state index is 11.8. The van der Waals surface area contributed by atoms with Crippen LogP contribution in [0.15, 0.2) is 34.5 Å². The lowest BCUT2D eigenvalue weighted by atomic mass is 10.0. The lowest BCUT2D eigenvalue weighted by molar-refractivity contribution is -0.138. The van der Waals surface area contributed by atoms with Gasteiger partial charge in [-0.25, -0.2) is 4.79 Å². The third-order valence-corrected chi connectivity index (χ3v) is 4.90. The zero-order valence-corrected chi connectivity index (χ0v) is 17.7. The van der Waals surface area contributed by atoms with Crippen molar-refractivity contribution in [1.82, 2.24) is 0 Å². The fourth-order valence-electron chi connectivity index (χ4n) is 2.36. The van der Waals surface area contributed by atoms with Gasteiger partial charge in [0.2, 0.25) is 0 Å². The average Bonchev–Trinajstić information content (AvgIpc) is 3.14. The monoisotopic (exact) mass is 395 g/mol. The lowest BCUT2D eigenvalue weighted by Crippen LogP contribution is -2.21. The number of thiophene rings is 1. The van der Waals surface area contributed by atoms with E-state index in [0.717, 1.165) is 22.6 Å². The molecule has 0 saturated heterocycles. The second kappa shape index (κ2) is 12.3. The quantitative estimate of drug-likeness (QED) is 0.184. The minimum absolute atomic E-state index is 0.152. The second-order valence-electron chi connectivity index (χ2n) is 5.87. The van der Waals surface area contributed by atoms with Crippen molar-refractivity contribution in [2.24, 2.45) is 11.1 Å². The Hall–Kier alpha value is -2.12. The van der Waals surface area contributed by atoms with Crippen LogP contribution in [-0.4, -0.2) is 45.7 Å². The van der Waals surface area contributed by atoms with Crippen molar-refractivity contribution in [3.63, 3.8) is 0 Å². The highest BCUT2D eigenvalue weighted by molar-refractivity contribution is 7.12. The minimum Gasteiger partial charge on any atom is -0.500 e. The molecule has 0 aliphatic carbocycles. The van der Waals surface area contributed by atoms with Crippen LogP contribution >= 0.6 is 11.3 Å². The Morgan fingerprint density at radius 2 is 2.07 bits per heavy atom. The molecule has 0 saturated carbocycles. The van der Waals surface area contributed by atoms with Crippen LogP contribution in [0.1, 0.15) is 37.6 Å². The largest absolute Gasteiger partial charge is 0.500 e. The molecule has 0 fully saturated rings. The van der Waals surface area contributed by atoms with Gasteiger partial charge in [0.1, 0.15) is 12.9 Å². The summed E-state index contributed by atoms with van der Waals surface area (Å²) in [6, 6.07) is 2.03. The van der Waals surface area contributed by atoms with Gasteiger partial charge in [-0.05, 0) is 30.4 Å². The molecule has 0 aliphatic rings. The fourth-order valence-corrected chi connectivity index (χ4v) is 3.19. The zero-order valence-electron chi connectivity index (χ0n) is 16.9. The molecule has 27 heavy (non-hydrogen) atoms. The standard InChI is InChI=1S/C20H29NO5S/c1-7-10-26-20(22)12-18(24-5)14(2)17(23-4)9-8-16-11-19(27-13-16)15(3)21-25-6/h8-9,11-14,17H,7,10H2,1-6H3/b9-8+,18-12+,21-15-/t14-,17+/m1/s1. The van der Waals surface area contributed by atoms with Gasteiger partial charge in [-0.1, -0.05) is 31.2 Å². The van der Waals surface area contributed by atoms with Gasteiger partial charge in [0.25, 0.3) is 0 Å². The summed E-state index contributed by atoms with van der Waals surface area (Å²) in [6.07, 6.45) is 5.83. The Kier molecular flexibility index (Phi) is 10.4. The van der Waals surface area contributed by atoms with Crippen LogP contribution in [0.4, 0.5) is 0 Å². The highest BCUT2D eigenvalue weighted by Crippen LogP contribution is 2.22. The molecule has 0 aromatic carbocycles. The predicted octanol–water partition coefficient (Wildman–Crippen LogP) is 4.27. The third-order valence-electron chi connectivity index (χ3n) is 3.84. The Labute approximate surface area is 165 Å². The van der Waals surface area contributed by atoms with E-state index in [2.05, 4.69) is 5.16 Å². The number of ether oxygens (including phenoxy) is 3. The Morgan fingerprint density at radius 1 is 1.33 bits per heavy atom. The number of carbonyl (C=O) groups excluding carboxylic acids is 1. The molecule has 150 valence electrons. The molecule has 0 spiro atoms. The van der Waals surface area contributed by atoms with Gasteiger partial charge in [-0.2, -0.15) is 0 Å². The van der Waals surface area contributed by atoms with E-state index in [1.54, 1.807) is 18.4 Å². The molecule has 2 atom stereocenters. The zero-order chi connectivity index (χ0) is 20.2. The Morgan fingerprint density at radius 3 is 2.67 bits per heavy atom. The van der Waals surface area contributed by atoms with Crippen LogP contribution in [0.3, 0.4) is 0 Å². The highest BCUT2D eigenvalue weighted by Gasteiger charge is 2.20. The first-order valence-corrected chi connectivity index (χ1v) is 9.64. The normalized spacial score (nSPS) is 14.9. The molecule has 0 radical (unpaired) electrons. The van der Waals surface area contributed by atoms with Crippen molar-refractivity contribution in [3.05, 3.63) is 39.8 Å². The molecule has 0 unspecified atom stereocenters. The number of rotatable bonds is 11. The number of nitrogens with zero attached hydrogens (tertiary/aromatic N) is 1. The predicted molar refractivity (Wildman–Crippen MR) is 109 cm³/mol. The van der Waals surface area contributed by atoms with E-state index in [1.807, 2.05) is 44.4 Å². The number of methoxy groups -OCH3 is 2. The molecule has 1 aromatic heterocycles. The maximum atomic E-state index is 11.8. The molecule has 0 N–H and O–H groups in total. The molecular formula is C20H29NO5S. The van der Waals surface area contributed by atoms with Crippen LogP contribution in [0.2, 0.25) is 0 Å². The van der Waals surface area contributed by atoms with Crippen LogP contribution in [0, 0.1) is 5.92 Å². The molecule has 7 heteroatoms. The van der Waals surface area contributed by atoms with Crippen molar-refractivity contribution in [1.29, 1.82) is 0 Å². The fraction of sp³-hybridized carbons (Fsp3) is 0.500. The third kappa shape index (κ3) is 7.56. The smallest absolute Gasteiger partial charge is 0.334 e. The molecule has 6 nitrogen and oxygen atoms in total. The summed E-state index contributed by atoms with van der Waals surface area (Å²) in [7, 11) is 4.69. The van der Waals surface area contributed by atoms with E-state index in [-0.39, 0.29) is 12.0 Å². The highest BCUT2D eigenvalue weighted by atomic mass is 32.1. The Balaban J connectivity index is 2.86. The molecule has 0 amide bonds. The van der Waals surface area contributed by atoms with Crippen LogP contribution < -0.4 is 0 Å². The second-order valence-corrected chi connectivity index (χ2v) is 6.78. The van der Waals surface area contributed by atoms with E-state index in [4.69, 9.17) is 19.0 Å². The SMILES string of the molecule is CCCOC(=O)/C=C(/OC)[C@H](C)[C@H](/C=C/c1csc(/C(C)=N\OC)c1)OC.